The normalized spacial score (nSPS) is 15.8. The van der Waals surface area contributed by atoms with Crippen LogP contribution in [0, 0.1) is 11.2 Å². The molecule has 2 N–H and O–H groups in total. The van der Waals surface area contributed by atoms with E-state index in [-0.39, 0.29) is 18.3 Å². The number of carbonyl (C=O) groups excluding carboxylic acids is 1. The Morgan fingerprint density at radius 2 is 1.89 bits per heavy atom. The number of aromatic nitrogens is 3. The van der Waals surface area contributed by atoms with Crippen molar-refractivity contribution in [3.8, 4) is 0 Å². The third-order valence-corrected chi connectivity index (χ3v) is 5.15. The summed E-state index contributed by atoms with van der Waals surface area (Å²) in [5, 5.41) is 9.45. The van der Waals surface area contributed by atoms with Crippen molar-refractivity contribution in [2.75, 3.05) is 13.1 Å². The van der Waals surface area contributed by atoms with Gasteiger partial charge in [0.05, 0.1) is 12.0 Å². The van der Waals surface area contributed by atoms with E-state index in [0.717, 1.165) is 6.54 Å². The zero-order valence-electron chi connectivity index (χ0n) is 15.4. The second-order valence-electron chi connectivity index (χ2n) is 7.29. The van der Waals surface area contributed by atoms with Gasteiger partial charge in [-0.2, -0.15) is 5.10 Å². The van der Waals surface area contributed by atoms with Gasteiger partial charge in [-0.15, -0.1) is 0 Å². The Hall–Kier alpha value is -3.06. The fraction of sp³-hybridized carbons (Fsp3) is 0.286. The molecule has 1 aromatic heterocycles. The number of halogens is 1. The van der Waals surface area contributed by atoms with Crippen molar-refractivity contribution < 1.29 is 9.18 Å². The number of rotatable bonds is 7. The van der Waals surface area contributed by atoms with Crippen molar-refractivity contribution >= 4 is 5.91 Å². The largest absolute Gasteiger partial charge is 0.348 e. The first-order chi connectivity index (χ1) is 13.6. The molecule has 1 aliphatic rings. The highest BCUT2D eigenvalue weighted by Crippen LogP contribution is 2.36. The van der Waals surface area contributed by atoms with Crippen LogP contribution in [0.1, 0.15) is 17.0 Å². The lowest BCUT2D eigenvalue weighted by molar-refractivity contribution is -0.142. The second kappa shape index (κ2) is 7.90. The third kappa shape index (κ3) is 3.94. The maximum absolute atomic E-state index is 14.2. The van der Waals surface area contributed by atoms with Crippen molar-refractivity contribution in [2.24, 2.45) is 5.41 Å². The number of hydrogen-bond donors (Lipinski definition) is 2. The minimum absolute atomic E-state index is 0.0866. The van der Waals surface area contributed by atoms with Gasteiger partial charge >= 0.3 is 0 Å². The van der Waals surface area contributed by atoms with Gasteiger partial charge in [-0.05, 0) is 23.6 Å². The Labute approximate surface area is 162 Å². The molecular weight excluding hydrogens is 357 g/mol. The molecule has 7 heteroatoms. The summed E-state index contributed by atoms with van der Waals surface area (Å²) in [7, 11) is 0. The van der Waals surface area contributed by atoms with E-state index >= 15 is 0 Å². The van der Waals surface area contributed by atoms with Crippen LogP contribution in [-0.4, -0.2) is 39.1 Å². The number of H-pyrrole nitrogens is 1. The molecule has 28 heavy (non-hydrogen) atoms. The maximum atomic E-state index is 14.2. The Balaban J connectivity index is 1.47. The van der Waals surface area contributed by atoms with E-state index in [1.165, 1.54) is 18.0 Å². The van der Waals surface area contributed by atoms with E-state index in [9.17, 15) is 9.18 Å². The second-order valence-corrected chi connectivity index (χ2v) is 7.29. The fourth-order valence-corrected chi connectivity index (χ4v) is 3.77. The Kier molecular flexibility index (Phi) is 5.16. The van der Waals surface area contributed by atoms with Crippen LogP contribution < -0.4 is 5.32 Å². The van der Waals surface area contributed by atoms with Gasteiger partial charge in [0, 0.05) is 19.6 Å². The zero-order chi connectivity index (χ0) is 19.4. The molecule has 1 aliphatic heterocycles. The van der Waals surface area contributed by atoms with E-state index in [0.29, 0.717) is 30.9 Å². The van der Waals surface area contributed by atoms with Gasteiger partial charge in [-0.3, -0.25) is 14.8 Å². The van der Waals surface area contributed by atoms with Crippen LogP contribution in [0.15, 0.2) is 60.9 Å². The summed E-state index contributed by atoms with van der Waals surface area (Å²) in [5.74, 6) is 0.234. The molecule has 1 fully saturated rings. The molecule has 144 valence electrons. The van der Waals surface area contributed by atoms with Gasteiger partial charge < -0.3 is 5.32 Å². The molecule has 0 radical (unpaired) electrons. The number of benzene rings is 2. The summed E-state index contributed by atoms with van der Waals surface area (Å²) >= 11 is 0. The quantitative estimate of drug-likeness (QED) is 0.661. The minimum atomic E-state index is -0.656. The van der Waals surface area contributed by atoms with Crippen LogP contribution in [0.4, 0.5) is 4.39 Å². The third-order valence-electron chi connectivity index (χ3n) is 5.15. The first kappa shape index (κ1) is 18.3. The van der Waals surface area contributed by atoms with Crippen LogP contribution in [0.2, 0.25) is 0 Å². The number of hydrogen-bond acceptors (Lipinski definition) is 4. The summed E-state index contributed by atoms with van der Waals surface area (Å²) in [6, 6.07) is 16.8. The van der Waals surface area contributed by atoms with Gasteiger partial charge in [0.25, 0.3) is 0 Å². The molecule has 0 saturated carbocycles. The lowest BCUT2D eigenvalue weighted by Crippen LogP contribution is -2.63. The zero-order valence-corrected chi connectivity index (χ0v) is 15.4. The molecule has 2 aromatic carbocycles. The molecule has 4 rings (SSSR count). The summed E-state index contributed by atoms with van der Waals surface area (Å²) in [6.07, 6.45) is 1.77. The van der Waals surface area contributed by atoms with E-state index in [1.54, 1.807) is 18.2 Å². The number of aromatic amines is 1. The number of likely N-dealkylation sites (tertiary alicyclic amines) is 1. The summed E-state index contributed by atoms with van der Waals surface area (Å²) in [6.45, 7) is 2.21. The SMILES string of the molecule is O=C(NCc1ncn[nH]1)C1(Cc2ccccc2F)CN(Cc2ccccc2)C1. The van der Waals surface area contributed by atoms with Gasteiger partial charge in [0.15, 0.2) is 0 Å². The smallest absolute Gasteiger partial charge is 0.229 e. The standard InChI is InChI=1S/C21H22FN5O/c22-18-9-5-4-8-17(18)10-21(20(28)23-11-19-24-15-25-26-19)13-27(14-21)12-16-6-2-1-3-7-16/h1-9,15H,10-14H2,(H,23,28)(H,24,25,26). The predicted octanol–water partition coefficient (Wildman–Crippen LogP) is 2.30. The molecule has 1 saturated heterocycles. The molecule has 6 nitrogen and oxygen atoms in total. The minimum Gasteiger partial charge on any atom is -0.348 e. The molecule has 1 amide bonds. The highest BCUT2D eigenvalue weighted by molar-refractivity contribution is 5.84. The molecule has 2 heterocycles. The molecule has 0 aliphatic carbocycles. The number of nitrogens with one attached hydrogen (secondary N) is 2. The Bertz CT molecular complexity index is 923. The van der Waals surface area contributed by atoms with Crippen LogP contribution in [-0.2, 0) is 24.3 Å². The highest BCUT2D eigenvalue weighted by atomic mass is 19.1. The Morgan fingerprint density at radius 3 is 2.61 bits per heavy atom. The van der Waals surface area contributed by atoms with Crippen LogP contribution in [0.25, 0.3) is 0 Å². The Morgan fingerprint density at radius 1 is 1.14 bits per heavy atom. The first-order valence-corrected chi connectivity index (χ1v) is 9.27. The van der Waals surface area contributed by atoms with Crippen LogP contribution >= 0.6 is 0 Å². The van der Waals surface area contributed by atoms with Crippen molar-refractivity contribution in [1.29, 1.82) is 0 Å². The number of carbonyl (C=O) groups is 1. The lowest BCUT2D eigenvalue weighted by atomic mass is 9.73. The lowest BCUT2D eigenvalue weighted by Gasteiger charge is -2.49. The van der Waals surface area contributed by atoms with Gasteiger partial charge in [-0.1, -0.05) is 48.5 Å². The van der Waals surface area contributed by atoms with Crippen LogP contribution in [0.5, 0.6) is 0 Å². The predicted molar refractivity (Wildman–Crippen MR) is 102 cm³/mol. The van der Waals surface area contributed by atoms with Crippen molar-refractivity contribution in [3.05, 3.63) is 83.7 Å². The maximum Gasteiger partial charge on any atom is 0.229 e. The highest BCUT2D eigenvalue weighted by Gasteiger charge is 2.49. The van der Waals surface area contributed by atoms with Gasteiger partial charge in [0.2, 0.25) is 5.91 Å². The van der Waals surface area contributed by atoms with Crippen molar-refractivity contribution in [2.45, 2.75) is 19.5 Å². The van der Waals surface area contributed by atoms with E-state index < -0.39 is 5.41 Å². The molecule has 0 bridgehead atoms. The van der Waals surface area contributed by atoms with Crippen molar-refractivity contribution in [1.82, 2.24) is 25.4 Å². The van der Waals surface area contributed by atoms with E-state index in [1.807, 2.05) is 18.2 Å². The summed E-state index contributed by atoms with van der Waals surface area (Å²) < 4.78 is 14.2. The van der Waals surface area contributed by atoms with E-state index in [2.05, 4.69) is 37.5 Å². The van der Waals surface area contributed by atoms with Gasteiger partial charge in [0.1, 0.15) is 18.0 Å². The summed E-state index contributed by atoms with van der Waals surface area (Å²) in [5.41, 5.74) is 1.11. The first-order valence-electron chi connectivity index (χ1n) is 9.27. The molecule has 0 atom stereocenters. The average Bonchev–Trinajstić information content (AvgIpc) is 3.20. The number of nitrogens with zero attached hydrogens (tertiary/aromatic N) is 3. The average molecular weight is 379 g/mol. The monoisotopic (exact) mass is 379 g/mol. The fourth-order valence-electron chi connectivity index (χ4n) is 3.77. The summed E-state index contributed by atoms with van der Waals surface area (Å²) in [4.78, 5) is 19.3. The van der Waals surface area contributed by atoms with Crippen molar-refractivity contribution in [3.63, 3.8) is 0 Å². The topological polar surface area (TPSA) is 73.9 Å². The molecular formula is C21H22FN5O. The van der Waals surface area contributed by atoms with Crippen LogP contribution in [0.3, 0.4) is 0 Å². The number of amides is 1. The molecule has 3 aromatic rings. The van der Waals surface area contributed by atoms with Gasteiger partial charge in [-0.25, -0.2) is 9.37 Å². The molecule has 0 unspecified atom stereocenters. The van der Waals surface area contributed by atoms with E-state index in [4.69, 9.17) is 0 Å². The molecule has 0 spiro atoms.